The van der Waals surface area contributed by atoms with Crippen molar-refractivity contribution in [2.45, 2.75) is 91.9 Å². The molecule has 6 heteroatoms. The first-order chi connectivity index (χ1) is 21.6. The van der Waals surface area contributed by atoms with Gasteiger partial charge < -0.3 is 4.42 Å². The molecule has 5 nitrogen and oxygen atoms in total. The van der Waals surface area contributed by atoms with Crippen molar-refractivity contribution in [2.24, 2.45) is 0 Å². The van der Waals surface area contributed by atoms with E-state index in [1.54, 1.807) is 6.07 Å². The van der Waals surface area contributed by atoms with Gasteiger partial charge in [-0.3, -0.25) is 4.98 Å². The molecule has 3 aromatic heterocycles. The van der Waals surface area contributed by atoms with Crippen molar-refractivity contribution in [2.75, 3.05) is 0 Å². The van der Waals surface area contributed by atoms with Gasteiger partial charge in [-0.2, -0.15) is 0 Å². The van der Waals surface area contributed by atoms with E-state index in [4.69, 9.17) is 24.4 Å². The number of benzene rings is 3. The Morgan fingerprint density at radius 1 is 0.652 bits per heavy atom. The minimum atomic E-state index is -0.369. The van der Waals surface area contributed by atoms with E-state index in [1.165, 1.54) is 22.8 Å². The molecule has 0 aliphatic heterocycles. The van der Waals surface area contributed by atoms with E-state index in [0.717, 1.165) is 44.8 Å². The van der Waals surface area contributed by atoms with Crippen LogP contribution in [0.25, 0.3) is 55.7 Å². The standard InChI is InChI=1S/C40H43FN4O/c1-22(2)29-19-25(36-43-37(39(5,6)7)45-38(44-36)40(8,9)10)20-30(23(3)4)33(29)24-17-18-42-32(21-24)28-15-11-13-26-27-14-12-16-31(41)35(27)46-34(26)28/h11-23H,1-10H3. The number of furan rings is 1. The summed E-state index contributed by atoms with van der Waals surface area (Å²) in [7, 11) is 0. The summed E-state index contributed by atoms with van der Waals surface area (Å²) < 4.78 is 20.8. The van der Waals surface area contributed by atoms with Crippen molar-refractivity contribution < 1.29 is 8.81 Å². The molecule has 6 rings (SSSR count). The molecular formula is C40H43FN4O. The summed E-state index contributed by atoms with van der Waals surface area (Å²) in [6.45, 7) is 21.8. The highest BCUT2D eigenvalue weighted by atomic mass is 19.1. The third-order valence-electron chi connectivity index (χ3n) is 8.48. The predicted octanol–water partition coefficient (Wildman–Crippen LogP) is 11.1. The third kappa shape index (κ3) is 5.70. The van der Waals surface area contributed by atoms with Crippen LogP contribution < -0.4 is 0 Å². The van der Waals surface area contributed by atoms with Gasteiger partial charge >= 0.3 is 0 Å². The zero-order chi connectivity index (χ0) is 33.1. The molecule has 0 N–H and O–H groups in total. The molecule has 46 heavy (non-hydrogen) atoms. The molecule has 0 aliphatic rings. The number of aromatic nitrogens is 4. The molecule has 236 valence electrons. The van der Waals surface area contributed by atoms with Crippen molar-refractivity contribution in [3.05, 3.63) is 95.5 Å². The number of hydrogen-bond donors (Lipinski definition) is 0. The van der Waals surface area contributed by atoms with Crippen molar-refractivity contribution in [1.82, 2.24) is 19.9 Å². The zero-order valence-electron chi connectivity index (χ0n) is 28.6. The van der Waals surface area contributed by atoms with Crippen molar-refractivity contribution in [3.63, 3.8) is 0 Å². The maximum absolute atomic E-state index is 14.7. The fraction of sp³-hybridized carbons (Fsp3) is 0.350. The van der Waals surface area contributed by atoms with Crippen LogP contribution in [-0.2, 0) is 10.8 Å². The lowest BCUT2D eigenvalue weighted by atomic mass is 9.83. The summed E-state index contributed by atoms with van der Waals surface area (Å²) in [4.78, 5) is 19.7. The minimum absolute atomic E-state index is 0.221. The molecule has 0 spiro atoms. The van der Waals surface area contributed by atoms with Gasteiger partial charge in [0.15, 0.2) is 17.2 Å². The minimum Gasteiger partial charge on any atom is -0.452 e. The molecule has 0 amide bonds. The number of nitrogens with zero attached hydrogens (tertiary/aromatic N) is 4. The lowest BCUT2D eigenvalue weighted by Crippen LogP contribution is -2.24. The topological polar surface area (TPSA) is 64.7 Å². The maximum atomic E-state index is 14.7. The van der Waals surface area contributed by atoms with Crippen LogP contribution >= 0.6 is 0 Å². The summed E-state index contributed by atoms with van der Waals surface area (Å²) in [5.41, 5.74) is 7.77. The molecule has 0 atom stereocenters. The van der Waals surface area contributed by atoms with E-state index in [-0.39, 0.29) is 34.1 Å². The van der Waals surface area contributed by atoms with Crippen molar-refractivity contribution in [3.8, 4) is 33.8 Å². The van der Waals surface area contributed by atoms with Gasteiger partial charge in [0.25, 0.3) is 0 Å². The summed E-state index contributed by atoms with van der Waals surface area (Å²) >= 11 is 0. The molecule has 0 radical (unpaired) electrons. The summed E-state index contributed by atoms with van der Waals surface area (Å²) in [5.74, 6) is 2.39. The van der Waals surface area contributed by atoms with E-state index in [0.29, 0.717) is 11.4 Å². The number of pyridine rings is 1. The Bertz CT molecular complexity index is 2030. The maximum Gasteiger partial charge on any atom is 0.171 e. The van der Waals surface area contributed by atoms with Crippen LogP contribution in [0.1, 0.15) is 104 Å². The monoisotopic (exact) mass is 614 g/mol. The van der Waals surface area contributed by atoms with Gasteiger partial charge in [0, 0.05) is 38.9 Å². The van der Waals surface area contributed by atoms with Crippen LogP contribution in [0.15, 0.2) is 71.3 Å². The van der Waals surface area contributed by atoms with Gasteiger partial charge in [0.1, 0.15) is 17.2 Å². The third-order valence-corrected chi connectivity index (χ3v) is 8.48. The molecule has 0 bridgehead atoms. The average molecular weight is 615 g/mol. The Labute approximate surface area is 271 Å². The summed E-state index contributed by atoms with van der Waals surface area (Å²) in [6, 6.07) is 19.7. The molecule has 3 heterocycles. The van der Waals surface area contributed by atoms with Crippen LogP contribution in [0.3, 0.4) is 0 Å². The molecular weight excluding hydrogens is 571 g/mol. The van der Waals surface area contributed by atoms with E-state index in [9.17, 15) is 4.39 Å². The first-order valence-electron chi connectivity index (χ1n) is 16.1. The van der Waals surface area contributed by atoms with Crippen LogP contribution in [0.4, 0.5) is 4.39 Å². The van der Waals surface area contributed by atoms with E-state index in [2.05, 4.69) is 93.5 Å². The van der Waals surface area contributed by atoms with E-state index < -0.39 is 0 Å². The number of rotatable bonds is 5. The average Bonchev–Trinajstić information content (AvgIpc) is 3.39. The second-order valence-electron chi connectivity index (χ2n) is 15.0. The molecule has 6 aromatic rings. The van der Waals surface area contributed by atoms with Gasteiger partial charge in [-0.05, 0) is 70.5 Å². The molecule has 0 saturated carbocycles. The van der Waals surface area contributed by atoms with Crippen LogP contribution in [-0.4, -0.2) is 19.9 Å². The Morgan fingerprint density at radius 3 is 1.78 bits per heavy atom. The van der Waals surface area contributed by atoms with Crippen molar-refractivity contribution >= 4 is 21.9 Å². The number of hydrogen-bond acceptors (Lipinski definition) is 5. The normalized spacial score (nSPS) is 12.6. The molecule has 0 fully saturated rings. The first kappa shape index (κ1) is 31.5. The number of fused-ring (bicyclic) bond motifs is 3. The van der Waals surface area contributed by atoms with Crippen LogP contribution in [0.5, 0.6) is 0 Å². The summed E-state index contributed by atoms with van der Waals surface area (Å²) in [6.07, 6.45) is 1.85. The molecule has 0 unspecified atom stereocenters. The van der Waals surface area contributed by atoms with Gasteiger partial charge in [-0.15, -0.1) is 0 Å². The van der Waals surface area contributed by atoms with Gasteiger partial charge in [0.05, 0.1) is 5.69 Å². The smallest absolute Gasteiger partial charge is 0.171 e. The zero-order valence-corrected chi connectivity index (χ0v) is 28.6. The first-order valence-corrected chi connectivity index (χ1v) is 16.1. The van der Waals surface area contributed by atoms with E-state index in [1.807, 2.05) is 30.5 Å². The van der Waals surface area contributed by atoms with Gasteiger partial charge in [-0.25, -0.2) is 19.3 Å². The highest BCUT2D eigenvalue weighted by Crippen LogP contribution is 2.42. The van der Waals surface area contributed by atoms with Gasteiger partial charge in [0.2, 0.25) is 0 Å². The number of para-hydroxylation sites is 2. The largest absolute Gasteiger partial charge is 0.452 e. The molecule has 0 aliphatic carbocycles. The quantitative estimate of drug-likeness (QED) is 0.193. The Kier molecular flexibility index (Phi) is 7.82. The Hall–Kier alpha value is -4.45. The number of halogens is 1. The van der Waals surface area contributed by atoms with E-state index >= 15 is 0 Å². The molecule has 0 saturated heterocycles. The SMILES string of the molecule is CC(C)c1cc(-c2nc(C(C)(C)C)nc(C(C)(C)C)n2)cc(C(C)C)c1-c1ccnc(-c2cccc3c2oc2c(F)cccc23)c1. The lowest BCUT2D eigenvalue weighted by molar-refractivity contribution is 0.497. The fourth-order valence-corrected chi connectivity index (χ4v) is 5.96. The van der Waals surface area contributed by atoms with Crippen molar-refractivity contribution in [1.29, 1.82) is 0 Å². The lowest BCUT2D eigenvalue weighted by Gasteiger charge is -2.24. The fourth-order valence-electron chi connectivity index (χ4n) is 5.96. The summed E-state index contributed by atoms with van der Waals surface area (Å²) in [5, 5.41) is 1.63. The Balaban J connectivity index is 1.56. The van der Waals surface area contributed by atoms with Crippen LogP contribution in [0, 0.1) is 5.82 Å². The Morgan fingerprint density at radius 2 is 1.22 bits per heavy atom. The second kappa shape index (κ2) is 11.4. The molecule has 3 aromatic carbocycles. The van der Waals surface area contributed by atoms with Crippen LogP contribution in [0.2, 0.25) is 0 Å². The highest BCUT2D eigenvalue weighted by molar-refractivity contribution is 6.09. The predicted molar refractivity (Wildman–Crippen MR) is 187 cm³/mol. The van der Waals surface area contributed by atoms with Gasteiger partial charge in [-0.1, -0.05) is 93.5 Å². The second-order valence-corrected chi connectivity index (χ2v) is 15.0. The highest BCUT2D eigenvalue weighted by Gasteiger charge is 2.27.